The zero-order chi connectivity index (χ0) is 12.8. The largest absolute Gasteiger partial charge is 0.432 e. The molecule has 1 heterocycles. The van der Waals surface area contributed by atoms with Crippen LogP contribution in [0.4, 0.5) is 0 Å². The van der Waals surface area contributed by atoms with Gasteiger partial charge in [-0.1, -0.05) is 0 Å². The third kappa shape index (κ3) is 4.76. The molecule has 6 nitrogen and oxygen atoms in total. The predicted molar refractivity (Wildman–Crippen MR) is 60.8 cm³/mol. The van der Waals surface area contributed by atoms with E-state index in [1.54, 1.807) is 33.0 Å². The van der Waals surface area contributed by atoms with Gasteiger partial charge in [-0.25, -0.2) is 0 Å². The molecule has 0 aliphatic heterocycles. The Morgan fingerprint density at radius 2 is 1.81 bits per heavy atom. The summed E-state index contributed by atoms with van der Waals surface area (Å²) >= 11 is 0. The minimum Gasteiger partial charge on any atom is -0.430 e. The molecule has 0 radical (unpaired) electrons. The second-order valence-electron chi connectivity index (χ2n) is 4.22. The van der Waals surface area contributed by atoms with Crippen molar-refractivity contribution < 1.29 is 20.3 Å². The maximum absolute atomic E-state index is 9.92. The van der Waals surface area contributed by atoms with Crippen molar-refractivity contribution in [3.63, 3.8) is 0 Å². The fourth-order valence-corrected chi connectivity index (χ4v) is 0.958. The van der Waals surface area contributed by atoms with E-state index < -0.39 is 18.9 Å². The molecule has 0 fully saturated rings. The normalized spacial score (nSPS) is 14.7. The Kier molecular flexibility index (Phi) is 5.67. The molecule has 1 atom stereocenters. The number of aliphatic hydroxyl groups is 2. The van der Waals surface area contributed by atoms with Gasteiger partial charge in [0.15, 0.2) is 0 Å². The lowest BCUT2D eigenvalue weighted by atomic mass is 9.84. The Morgan fingerprint density at radius 3 is 2.12 bits per heavy atom. The topological polar surface area (TPSA) is 110 Å². The molecule has 0 aliphatic rings. The number of aromatic amines is 1. The molecule has 92 valence electrons. The van der Waals surface area contributed by atoms with E-state index in [-0.39, 0.29) is 0 Å². The van der Waals surface area contributed by atoms with Crippen LogP contribution in [0.5, 0.6) is 0 Å². The van der Waals surface area contributed by atoms with Crippen LogP contribution in [0.3, 0.4) is 0 Å². The molecule has 16 heavy (non-hydrogen) atoms. The van der Waals surface area contributed by atoms with Crippen LogP contribution in [0.1, 0.15) is 26.5 Å². The van der Waals surface area contributed by atoms with E-state index in [1.807, 2.05) is 0 Å². The summed E-state index contributed by atoms with van der Waals surface area (Å²) < 4.78 is 0. The van der Waals surface area contributed by atoms with Crippen molar-refractivity contribution in [1.82, 2.24) is 10.2 Å². The Bertz CT molecular complexity index is 282. The summed E-state index contributed by atoms with van der Waals surface area (Å²) in [6.07, 6.45) is 2.02. The molecule has 0 spiro atoms. The molecule has 5 N–H and O–H groups in total. The third-order valence-electron chi connectivity index (χ3n) is 2.40. The highest BCUT2D eigenvalue weighted by Gasteiger charge is 2.37. The molecule has 0 aromatic carbocycles. The molecule has 7 heteroatoms. The van der Waals surface area contributed by atoms with Crippen molar-refractivity contribution in [1.29, 1.82) is 0 Å². The van der Waals surface area contributed by atoms with Crippen LogP contribution in [0.15, 0.2) is 12.3 Å². The minimum atomic E-state index is -1.16. The van der Waals surface area contributed by atoms with Crippen LogP contribution in [0.2, 0.25) is 0 Å². The van der Waals surface area contributed by atoms with Gasteiger partial charge < -0.3 is 20.3 Å². The number of nitrogens with one attached hydrogen (secondary N) is 1. The van der Waals surface area contributed by atoms with E-state index in [0.29, 0.717) is 6.42 Å². The van der Waals surface area contributed by atoms with E-state index in [1.165, 1.54) is 0 Å². The molecular formula is C9H19BN2O4. The monoisotopic (exact) mass is 230 g/mol. The van der Waals surface area contributed by atoms with Crippen molar-refractivity contribution in [3.8, 4) is 0 Å². The average molecular weight is 230 g/mol. The summed E-state index contributed by atoms with van der Waals surface area (Å²) in [4.78, 5) is 0. The summed E-state index contributed by atoms with van der Waals surface area (Å²) in [5.74, 6) is 0. The highest BCUT2D eigenvalue weighted by molar-refractivity contribution is 6.13. The summed E-state index contributed by atoms with van der Waals surface area (Å²) in [5, 5.41) is 40.4. The maximum Gasteiger partial charge on any atom is 0.432 e. The molecule has 0 bridgehead atoms. The quantitative estimate of drug-likeness (QED) is 0.415. The Balaban J connectivity index is 0.000000673. The molecule has 1 aromatic rings. The lowest BCUT2D eigenvalue weighted by Crippen LogP contribution is -2.49. The van der Waals surface area contributed by atoms with E-state index in [4.69, 9.17) is 10.0 Å². The standard InChI is InChI=1S/C9H16N2O2.BH3O2/c1-8(2,12)9(3,13)6-7-4-5-10-11-7;2-1-3/h4-5,12-13H,6H2,1-3H3,(H,10,11);1-3H. The highest BCUT2D eigenvalue weighted by atomic mass is 16.4. The zero-order valence-corrected chi connectivity index (χ0v) is 9.80. The van der Waals surface area contributed by atoms with E-state index in [9.17, 15) is 10.2 Å². The number of H-pyrrole nitrogens is 1. The first kappa shape index (κ1) is 15.1. The van der Waals surface area contributed by atoms with Crippen molar-refractivity contribution in [2.75, 3.05) is 0 Å². The lowest BCUT2D eigenvalue weighted by Gasteiger charge is -2.35. The Morgan fingerprint density at radius 1 is 1.31 bits per heavy atom. The van der Waals surface area contributed by atoms with Gasteiger partial charge in [-0.15, -0.1) is 0 Å². The SMILES string of the molecule is CC(C)(O)C(C)(O)Cc1cc[nH]n1.OBO. The molecule has 1 unspecified atom stereocenters. The predicted octanol–water partition coefficient (Wildman–Crippen LogP) is -1.29. The van der Waals surface area contributed by atoms with E-state index >= 15 is 0 Å². The number of nitrogens with zero attached hydrogens (tertiary/aromatic N) is 1. The van der Waals surface area contributed by atoms with Crippen LogP contribution < -0.4 is 0 Å². The average Bonchev–Trinajstić information content (AvgIpc) is 2.55. The fourth-order valence-electron chi connectivity index (χ4n) is 0.958. The lowest BCUT2D eigenvalue weighted by molar-refractivity contribution is -0.119. The van der Waals surface area contributed by atoms with Crippen LogP contribution in [0, 0.1) is 0 Å². The van der Waals surface area contributed by atoms with Gasteiger partial charge in [0.05, 0.1) is 16.9 Å². The Hall–Kier alpha value is -0.885. The van der Waals surface area contributed by atoms with Crippen LogP contribution in [0.25, 0.3) is 0 Å². The first-order valence-electron chi connectivity index (χ1n) is 4.89. The smallest absolute Gasteiger partial charge is 0.430 e. The number of aromatic nitrogens is 2. The zero-order valence-electron chi connectivity index (χ0n) is 9.80. The van der Waals surface area contributed by atoms with Crippen LogP contribution >= 0.6 is 0 Å². The van der Waals surface area contributed by atoms with Crippen molar-refractivity contribution >= 4 is 7.69 Å². The number of rotatable bonds is 3. The van der Waals surface area contributed by atoms with Gasteiger partial charge in [0.25, 0.3) is 0 Å². The van der Waals surface area contributed by atoms with Gasteiger partial charge in [0.1, 0.15) is 0 Å². The third-order valence-corrected chi connectivity index (χ3v) is 2.40. The molecule has 0 aliphatic carbocycles. The second kappa shape index (κ2) is 6.00. The van der Waals surface area contributed by atoms with Gasteiger partial charge in [-0.2, -0.15) is 5.10 Å². The van der Waals surface area contributed by atoms with Crippen LogP contribution in [-0.4, -0.2) is 49.3 Å². The van der Waals surface area contributed by atoms with Crippen molar-refractivity contribution in [2.45, 2.75) is 38.4 Å². The minimum absolute atomic E-state index is 0.333. The maximum atomic E-state index is 9.92. The highest BCUT2D eigenvalue weighted by Crippen LogP contribution is 2.24. The number of hydrogen-bond donors (Lipinski definition) is 5. The first-order valence-corrected chi connectivity index (χ1v) is 4.89. The molecular weight excluding hydrogens is 211 g/mol. The van der Waals surface area contributed by atoms with E-state index in [2.05, 4.69) is 10.2 Å². The summed E-state index contributed by atoms with van der Waals surface area (Å²) in [6, 6.07) is 1.78. The van der Waals surface area contributed by atoms with Crippen LogP contribution in [-0.2, 0) is 6.42 Å². The van der Waals surface area contributed by atoms with E-state index in [0.717, 1.165) is 5.69 Å². The van der Waals surface area contributed by atoms with Gasteiger partial charge >= 0.3 is 7.69 Å². The Labute approximate surface area is 95.3 Å². The van der Waals surface area contributed by atoms with Gasteiger partial charge in [0, 0.05) is 12.6 Å². The van der Waals surface area contributed by atoms with Gasteiger partial charge in [-0.3, -0.25) is 5.10 Å². The first-order chi connectivity index (χ1) is 7.24. The second-order valence-corrected chi connectivity index (χ2v) is 4.22. The fraction of sp³-hybridized carbons (Fsp3) is 0.667. The molecule has 0 amide bonds. The molecule has 0 saturated heterocycles. The van der Waals surface area contributed by atoms with Crippen molar-refractivity contribution in [3.05, 3.63) is 18.0 Å². The number of hydrogen-bond acceptors (Lipinski definition) is 5. The molecule has 1 rings (SSSR count). The summed E-state index contributed by atoms with van der Waals surface area (Å²) in [6.45, 7) is 4.76. The molecule has 1 aromatic heterocycles. The summed E-state index contributed by atoms with van der Waals surface area (Å²) in [7, 11) is -0.750. The van der Waals surface area contributed by atoms with Gasteiger partial charge in [0.2, 0.25) is 0 Å². The summed E-state index contributed by atoms with van der Waals surface area (Å²) in [5.41, 5.74) is -1.55. The molecule has 0 saturated carbocycles. The van der Waals surface area contributed by atoms with Crippen molar-refractivity contribution in [2.24, 2.45) is 0 Å². The van der Waals surface area contributed by atoms with Gasteiger partial charge in [-0.05, 0) is 26.8 Å².